The number of carbonyl (C=O) groups excluding carboxylic acids is 1. The van der Waals surface area contributed by atoms with Crippen molar-refractivity contribution in [3.8, 4) is 0 Å². The molecule has 6 heterocycles. The summed E-state index contributed by atoms with van der Waals surface area (Å²) in [6, 6.07) is 40.7. The van der Waals surface area contributed by atoms with E-state index in [0.717, 1.165) is 100.0 Å². The van der Waals surface area contributed by atoms with E-state index in [2.05, 4.69) is 112 Å². The molecule has 9 nitrogen and oxygen atoms in total. The first kappa shape index (κ1) is 43.6. The summed E-state index contributed by atoms with van der Waals surface area (Å²) in [5, 5.41) is 2.94. The van der Waals surface area contributed by atoms with Crippen LogP contribution in [0.2, 0.25) is 20.1 Å². The quantitative estimate of drug-likeness (QED) is 0.121. The van der Waals surface area contributed by atoms with Crippen LogP contribution in [0.3, 0.4) is 0 Å². The first-order valence-corrected chi connectivity index (χ1v) is 24.1. The zero-order valence-corrected chi connectivity index (χ0v) is 38.9. The molecule has 0 bridgehead atoms. The Balaban J connectivity index is 1.01. The van der Waals surface area contributed by atoms with Gasteiger partial charge in [-0.2, -0.15) is 0 Å². The van der Waals surface area contributed by atoms with Gasteiger partial charge in [0.05, 0.1) is 45.6 Å². The molecule has 13 heteroatoms. The molecule has 4 unspecified atom stereocenters. The minimum atomic E-state index is -0.362. The van der Waals surface area contributed by atoms with E-state index < -0.39 is 0 Å². The van der Waals surface area contributed by atoms with Crippen molar-refractivity contribution in [1.29, 1.82) is 0 Å². The molecule has 0 spiro atoms. The van der Waals surface area contributed by atoms with Crippen molar-refractivity contribution < 1.29 is 4.79 Å². The average Bonchev–Trinajstić information content (AvgIpc) is 4.01. The van der Waals surface area contributed by atoms with Crippen LogP contribution in [-0.2, 0) is 17.9 Å². The first-order chi connectivity index (χ1) is 31.3. The van der Waals surface area contributed by atoms with Gasteiger partial charge in [0.1, 0.15) is 0 Å². The second-order valence-corrected chi connectivity index (χ2v) is 19.2. The SMILES string of the molecule is O=C(C(CN1CCn2cccc2C1c1ccc(Cl)cc1)N1CCN(c2ccccc2Cl)CC1)C(CN1CCn2cccc2C1c1ccc(Cl)cc1)N1CCN(c2ccccc2Cl)CC1. The number of aromatic nitrogens is 2. The van der Waals surface area contributed by atoms with Gasteiger partial charge in [0.2, 0.25) is 0 Å². The lowest BCUT2D eigenvalue weighted by molar-refractivity contribution is -0.132. The maximum absolute atomic E-state index is 16.3. The van der Waals surface area contributed by atoms with Crippen molar-refractivity contribution in [3.05, 3.63) is 176 Å². The molecule has 2 fully saturated rings. The molecule has 0 aliphatic carbocycles. The first-order valence-electron chi connectivity index (χ1n) is 22.6. The minimum absolute atomic E-state index is 0.0255. The molecule has 332 valence electrons. The predicted molar refractivity (Wildman–Crippen MR) is 262 cm³/mol. The van der Waals surface area contributed by atoms with Crippen molar-refractivity contribution in [2.75, 3.05) is 88.3 Å². The molecule has 0 radical (unpaired) electrons. The number of benzene rings is 4. The van der Waals surface area contributed by atoms with Crippen molar-refractivity contribution in [3.63, 3.8) is 0 Å². The molecular weight excluding hydrogens is 882 g/mol. The third-order valence-corrected chi connectivity index (χ3v) is 15.2. The van der Waals surface area contributed by atoms with Crippen molar-refractivity contribution >= 4 is 63.6 Å². The summed E-state index contributed by atoms with van der Waals surface area (Å²) in [5.74, 6) is 0.281. The van der Waals surface area contributed by atoms with E-state index in [4.69, 9.17) is 46.4 Å². The number of para-hydroxylation sites is 2. The number of nitrogens with zero attached hydrogens (tertiary/aromatic N) is 8. The summed E-state index contributed by atoms with van der Waals surface area (Å²) in [6.45, 7) is 10.6. The molecule has 4 aromatic carbocycles. The van der Waals surface area contributed by atoms with Crippen LogP contribution in [0.1, 0.15) is 34.6 Å². The highest BCUT2D eigenvalue weighted by Gasteiger charge is 2.43. The van der Waals surface area contributed by atoms with E-state index >= 15 is 4.79 Å². The Kier molecular flexibility index (Phi) is 13.1. The lowest BCUT2D eigenvalue weighted by atomic mass is 9.94. The smallest absolute Gasteiger partial charge is 0.169 e. The fraction of sp³-hybridized carbons (Fsp3) is 0.353. The standard InChI is InChI=1S/C51H54Cl4N8O/c52-39-17-13-37(14-18-39)49-45-11-5-21-56(45)31-33-62(49)35-47(60-27-23-58(24-28-60)43-9-3-1-7-41(43)54)51(64)48(61-29-25-59(26-30-61)44-10-4-2-8-42(44)55)36-63-34-32-57-22-6-12-46(57)50(63)38-15-19-40(53)20-16-38/h1-22,47-50H,23-36H2. The number of Topliss-reactive ketones (excluding diaryl/α,β-unsaturated/α-hetero) is 1. The summed E-state index contributed by atoms with van der Waals surface area (Å²) in [5.41, 5.74) is 6.91. The lowest BCUT2D eigenvalue weighted by Crippen LogP contribution is -2.64. The zero-order chi connectivity index (χ0) is 43.7. The molecule has 0 amide bonds. The molecule has 0 saturated carbocycles. The van der Waals surface area contributed by atoms with Crippen molar-refractivity contribution in [1.82, 2.24) is 28.7 Å². The van der Waals surface area contributed by atoms with Crippen LogP contribution in [0.25, 0.3) is 0 Å². The van der Waals surface area contributed by atoms with Gasteiger partial charge in [-0.1, -0.05) is 94.9 Å². The summed E-state index contributed by atoms with van der Waals surface area (Å²) in [7, 11) is 0. The number of carbonyl (C=O) groups is 1. The molecule has 4 atom stereocenters. The Morgan fingerprint density at radius 1 is 0.453 bits per heavy atom. The van der Waals surface area contributed by atoms with Crippen LogP contribution in [0, 0.1) is 0 Å². The maximum Gasteiger partial charge on any atom is 0.169 e. The summed E-state index contributed by atoms with van der Waals surface area (Å²) in [6.07, 6.45) is 4.35. The third kappa shape index (κ3) is 8.99. The Morgan fingerprint density at radius 2 is 0.844 bits per heavy atom. The zero-order valence-electron chi connectivity index (χ0n) is 35.9. The maximum atomic E-state index is 16.3. The van der Waals surface area contributed by atoms with Gasteiger partial charge in [0.25, 0.3) is 0 Å². The highest BCUT2D eigenvalue weighted by atomic mass is 35.5. The van der Waals surface area contributed by atoms with E-state index in [9.17, 15) is 0 Å². The van der Waals surface area contributed by atoms with Crippen molar-refractivity contribution in [2.24, 2.45) is 0 Å². The van der Waals surface area contributed by atoms with Gasteiger partial charge in [0, 0.05) is 125 Å². The van der Waals surface area contributed by atoms with E-state index in [1.165, 1.54) is 22.5 Å². The molecule has 0 N–H and O–H groups in total. The normalized spacial score (nSPS) is 21.1. The number of hydrogen-bond donors (Lipinski definition) is 0. The molecule has 6 aromatic rings. The number of ketones is 1. The second kappa shape index (κ2) is 19.3. The number of fused-ring (bicyclic) bond motifs is 2. The van der Waals surface area contributed by atoms with Crippen LogP contribution < -0.4 is 9.80 Å². The second-order valence-electron chi connectivity index (χ2n) is 17.5. The fourth-order valence-corrected chi connectivity index (χ4v) is 11.5. The van der Waals surface area contributed by atoms with Crippen LogP contribution >= 0.6 is 46.4 Å². The molecule has 4 aliphatic heterocycles. The fourth-order valence-electron chi connectivity index (χ4n) is 10.7. The van der Waals surface area contributed by atoms with E-state index in [1.54, 1.807) is 0 Å². The van der Waals surface area contributed by atoms with Gasteiger partial charge in [-0.25, -0.2) is 0 Å². The number of rotatable bonds is 12. The number of halogens is 4. The summed E-state index contributed by atoms with van der Waals surface area (Å²) >= 11 is 26.5. The largest absolute Gasteiger partial charge is 0.368 e. The minimum Gasteiger partial charge on any atom is -0.368 e. The van der Waals surface area contributed by atoms with E-state index in [-0.39, 0.29) is 30.0 Å². The summed E-state index contributed by atoms with van der Waals surface area (Å²) < 4.78 is 4.72. The van der Waals surface area contributed by atoms with Crippen LogP contribution in [-0.4, -0.2) is 125 Å². The Morgan fingerprint density at radius 3 is 1.23 bits per heavy atom. The molecule has 2 saturated heterocycles. The molecule has 10 rings (SSSR count). The van der Waals surface area contributed by atoms with Crippen LogP contribution in [0.5, 0.6) is 0 Å². The molecule has 4 aliphatic rings. The van der Waals surface area contributed by atoms with Crippen LogP contribution in [0.15, 0.2) is 134 Å². The summed E-state index contributed by atoms with van der Waals surface area (Å²) in [4.78, 5) is 31.1. The van der Waals surface area contributed by atoms with E-state index in [1.807, 2.05) is 60.7 Å². The predicted octanol–water partition coefficient (Wildman–Crippen LogP) is 9.36. The van der Waals surface area contributed by atoms with Crippen molar-refractivity contribution in [2.45, 2.75) is 37.3 Å². The highest BCUT2D eigenvalue weighted by Crippen LogP contribution is 2.37. The van der Waals surface area contributed by atoms with E-state index in [0.29, 0.717) is 23.1 Å². The van der Waals surface area contributed by atoms with Gasteiger partial charge in [-0.05, 0) is 83.9 Å². The Bertz CT molecular complexity index is 2350. The third-order valence-electron chi connectivity index (χ3n) is 14.0. The number of piperazine rings is 2. The average molecular weight is 937 g/mol. The monoisotopic (exact) mass is 934 g/mol. The molecular formula is C51H54Cl4N8O. The number of anilines is 2. The molecule has 64 heavy (non-hydrogen) atoms. The Labute approximate surface area is 396 Å². The van der Waals surface area contributed by atoms with Gasteiger partial charge < -0.3 is 18.9 Å². The highest BCUT2D eigenvalue weighted by molar-refractivity contribution is 6.33. The van der Waals surface area contributed by atoms with Gasteiger partial charge in [-0.15, -0.1) is 0 Å². The topological polar surface area (TPSA) is 46.4 Å². The van der Waals surface area contributed by atoms with Gasteiger partial charge in [-0.3, -0.25) is 24.4 Å². The van der Waals surface area contributed by atoms with Gasteiger partial charge >= 0.3 is 0 Å². The Hall–Kier alpha value is -4.29. The lowest BCUT2D eigenvalue weighted by Gasteiger charge is -2.48. The van der Waals surface area contributed by atoms with Gasteiger partial charge in [0.15, 0.2) is 5.78 Å². The molecule has 2 aromatic heterocycles. The number of hydrogen-bond acceptors (Lipinski definition) is 7. The van der Waals surface area contributed by atoms with Crippen LogP contribution in [0.4, 0.5) is 11.4 Å².